The lowest BCUT2D eigenvalue weighted by Gasteiger charge is -2.19. The number of nitrogens with one attached hydrogen (secondary N) is 1. The number of halogens is 1. The van der Waals surface area contributed by atoms with Crippen molar-refractivity contribution in [2.75, 3.05) is 11.2 Å². The summed E-state index contributed by atoms with van der Waals surface area (Å²) in [7, 11) is 0. The first kappa shape index (κ1) is 11.2. The normalized spacial score (nSPS) is 14.9. The summed E-state index contributed by atoms with van der Waals surface area (Å²) in [5.41, 5.74) is 1.10. The molecule has 0 aliphatic heterocycles. The summed E-state index contributed by atoms with van der Waals surface area (Å²) in [5.74, 6) is 1.88. The Morgan fingerprint density at radius 1 is 1.50 bits per heavy atom. The van der Waals surface area contributed by atoms with Crippen LogP contribution >= 0.6 is 11.6 Å². The van der Waals surface area contributed by atoms with Crippen LogP contribution in [0.5, 0.6) is 0 Å². The summed E-state index contributed by atoms with van der Waals surface area (Å²) in [6.45, 7) is 6.19. The molecule has 1 heterocycles. The molecule has 0 bridgehead atoms. The first-order valence-electron chi connectivity index (χ1n) is 4.75. The Hall–Kier alpha value is -0.830. The van der Waals surface area contributed by atoms with Crippen LogP contribution < -0.4 is 5.32 Å². The summed E-state index contributed by atoms with van der Waals surface area (Å²) in [6.07, 6.45) is 1.74. The molecule has 0 aliphatic carbocycles. The van der Waals surface area contributed by atoms with Crippen molar-refractivity contribution in [1.82, 2.24) is 10.2 Å². The quantitative estimate of drug-likeness (QED) is 0.781. The van der Waals surface area contributed by atoms with Gasteiger partial charge in [-0.15, -0.1) is 16.7 Å². The zero-order chi connectivity index (χ0) is 10.6. The molecule has 14 heavy (non-hydrogen) atoms. The van der Waals surface area contributed by atoms with Crippen molar-refractivity contribution in [2.24, 2.45) is 5.92 Å². The van der Waals surface area contributed by atoms with Gasteiger partial charge in [0.2, 0.25) is 0 Å². The number of aryl methyl sites for hydroxylation is 1. The molecule has 0 fully saturated rings. The maximum Gasteiger partial charge on any atom is 0.149 e. The third kappa shape index (κ3) is 3.14. The summed E-state index contributed by atoms with van der Waals surface area (Å²) >= 11 is 5.77. The number of hydrogen-bond acceptors (Lipinski definition) is 3. The lowest BCUT2D eigenvalue weighted by Crippen LogP contribution is -2.25. The van der Waals surface area contributed by atoms with E-state index in [0.717, 1.165) is 11.4 Å². The molecule has 78 valence electrons. The first-order chi connectivity index (χ1) is 6.63. The third-order valence-corrected chi connectivity index (χ3v) is 2.75. The number of nitrogens with zero attached hydrogens (tertiary/aromatic N) is 2. The fraction of sp³-hybridized carbons (Fsp3) is 0.600. The molecule has 0 spiro atoms. The zero-order valence-corrected chi connectivity index (χ0v) is 9.54. The number of alkyl halides is 1. The molecule has 0 saturated heterocycles. The average molecular weight is 214 g/mol. The van der Waals surface area contributed by atoms with Crippen LogP contribution in [0.2, 0.25) is 0 Å². The molecule has 1 aromatic rings. The van der Waals surface area contributed by atoms with Gasteiger partial charge in [-0.2, -0.15) is 5.10 Å². The minimum Gasteiger partial charge on any atom is -0.366 e. The molecule has 0 radical (unpaired) electrons. The predicted molar refractivity (Wildman–Crippen MR) is 59.7 cm³/mol. The highest BCUT2D eigenvalue weighted by Gasteiger charge is 2.11. The van der Waals surface area contributed by atoms with Crippen LogP contribution in [0.15, 0.2) is 12.3 Å². The maximum atomic E-state index is 5.77. The summed E-state index contributed by atoms with van der Waals surface area (Å²) in [5, 5.41) is 11.1. The predicted octanol–water partition coefficient (Wildman–Crippen LogP) is 2.46. The van der Waals surface area contributed by atoms with Crippen molar-refractivity contribution in [3.05, 3.63) is 17.8 Å². The SMILES string of the molecule is Cc1cnnc(NC(C)C(C)CCl)c1. The van der Waals surface area contributed by atoms with E-state index in [0.29, 0.717) is 17.8 Å². The van der Waals surface area contributed by atoms with Crippen molar-refractivity contribution in [2.45, 2.75) is 26.8 Å². The second-order valence-corrected chi connectivity index (χ2v) is 3.99. The van der Waals surface area contributed by atoms with Crippen LogP contribution in [0.25, 0.3) is 0 Å². The van der Waals surface area contributed by atoms with Gasteiger partial charge in [0.25, 0.3) is 0 Å². The highest BCUT2D eigenvalue weighted by molar-refractivity contribution is 6.18. The van der Waals surface area contributed by atoms with E-state index < -0.39 is 0 Å². The molecule has 0 aliphatic rings. The van der Waals surface area contributed by atoms with E-state index in [4.69, 9.17) is 11.6 Å². The Morgan fingerprint density at radius 3 is 2.79 bits per heavy atom. The van der Waals surface area contributed by atoms with E-state index in [9.17, 15) is 0 Å². The third-order valence-electron chi connectivity index (χ3n) is 2.26. The van der Waals surface area contributed by atoms with E-state index >= 15 is 0 Å². The summed E-state index contributed by atoms with van der Waals surface area (Å²) < 4.78 is 0. The van der Waals surface area contributed by atoms with Gasteiger partial charge in [0.05, 0.1) is 6.20 Å². The maximum absolute atomic E-state index is 5.77. The monoisotopic (exact) mass is 213 g/mol. The first-order valence-corrected chi connectivity index (χ1v) is 5.28. The fourth-order valence-electron chi connectivity index (χ4n) is 1.04. The highest BCUT2D eigenvalue weighted by atomic mass is 35.5. The van der Waals surface area contributed by atoms with Gasteiger partial charge in [0.1, 0.15) is 5.82 Å². The van der Waals surface area contributed by atoms with E-state index in [1.165, 1.54) is 0 Å². The molecule has 1 N–H and O–H groups in total. The Labute approximate surface area is 89.9 Å². The molecule has 0 amide bonds. The fourth-order valence-corrected chi connectivity index (χ4v) is 1.31. The minimum atomic E-state index is 0.309. The van der Waals surface area contributed by atoms with Crippen molar-refractivity contribution < 1.29 is 0 Å². The van der Waals surface area contributed by atoms with E-state index in [-0.39, 0.29) is 0 Å². The lowest BCUT2D eigenvalue weighted by molar-refractivity contribution is 0.563. The lowest BCUT2D eigenvalue weighted by atomic mass is 10.1. The Balaban J connectivity index is 2.60. The summed E-state index contributed by atoms with van der Waals surface area (Å²) in [4.78, 5) is 0. The molecule has 2 atom stereocenters. The number of hydrogen-bond donors (Lipinski definition) is 1. The Morgan fingerprint density at radius 2 is 2.21 bits per heavy atom. The van der Waals surface area contributed by atoms with Crippen molar-refractivity contribution in [3.63, 3.8) is 0 Å². The topological polar surface area (TPSA) is 37.8 Å². The standard InChI is InChI=1S/C10H16ClN3/c1-7-4-10(14-12-6-7)13-9(3)8(2)5-11/h4,6,8-9H,5H2,1-3H3,(H,13,14). The smallest absolute Gasteiger partial charge is 0.149 e. The van der Waals surface area contributed by atoms with Gasteiger partial charge >= 0.3 is 0 Å². The molecule has 1 aromatic heterocycles. The van der Waals surface area contributed by atoms with E-state index in [1.54, 1.807) is 6.20 Å². The Kier molecular flexibility index (Phi) is 4.14. The largest absolute Gasteiger partial charge is 0.366 e. The van der Waals surface area contributed by atoms with Gasteiger partial charge in [-0.05, 0) is 31.4 Å². The van der Waals surface area contributed by atoms with Crippen LogP contribution in [-0.2, 0) is 0 Å². The van der Waals surface area contributed by atoms with Gasteiger partial charge in [-0.3, -0.25) is 0 Å². The minimum absolute atomic E-state index is 0.309. The van der Waals surface area contributed by atoms with Crippen molar-refractivity contribution in [3.8, 4) is 0 Å². The molecule has 3 nitrogen and oxygen atoms in total. The summed E-state index contributed by atoms with van der Waals surface area (Å²) in [6, 6.07) is 2.29. The molecule has 1 rings (SSSR count). The van der Waals surface area contributed by atoms with Gasteiger partial charge in [-0.1, -0.05) is 6.92 Å². The van der Waals surface area contributed by atoms with Gasteiger partial charge < -0.3 is 5.32 Å². The molecule has 0 aromatic carbocycles. The van der Waals surface area contributed by atoms with Crippen molar-refractivity contribution in [1.29, 1.82) is 0 Å². The van der Waals surface area contributed by atoms with Crippen molar-refractivity contribution >= 4 is 17.4 Å². The van der Waals surface area contributed by atoms with Gasteiger partial charge in [0.15, 0.2) is 0 Å². The van der Waals surface area contributed by atoms with Crippen LogP contribution in [0, 0.1) is 12.8 Å². The second-order valence-electron chi connectivity index (χ2n) is 3.68. The Bertz CT molecular complexity index is 290. The zero-order valence-electron chi connectivity index (χ0n) is 8.79. The van der Waals surface area contributed by atoms with Crippen LogP contribution in [0.1, 0.15) is 19.4 Å². The van der Waals surface area contributed by atoms with Crippen LogP contribution in [-0.4, -0.2) is 22.1 Å². The number of anilines is 1. The number of aromatic nitrogens is 2. The average Bonchev–Trinajstić information content (AvgIpc) is 2.16. The number of rotatable bonds is 4. The van der Waals surface area contributed by atoms with E-state index in [2.05, 4.69) is 29.4 Å². The van der Waals surface area contributed by atoms with E-state index in [1.807, 2.05) is 13.0 Å². The van der Waals surface area contributed by atoms with Gasteiger partial charge in [-0.25, -0.2) is 0 Å². The van der Waals surface area contributed by atoms with Crippen LogP contribution in [0.4, 0.5) is 5.82 Å². The van der Waals surface area contributed by atoms with Crippen LogP contribution in [0.3, 0.4) is 0 Å². The highest BCUT2D eigenvalue weighted by Crippen LogP contribution is 2.11. The molecule has 0 saturated carbocycles. The molecule has 2 unspecified atom stereocenters. The molecular formula is C10H16ClN3. The van der Waals surface area contributed by atoms with Gasteiger partial charge in [0, 0.05) is 11.9 Å². The molecule has 4 heteroatoms. The second kappa shape index (κ2) is 5.15. The molecular weight excluding hydrogens is 198 g/mol.